The first-order chi connectivity index (χ1) is 11.4. The van der Waals surface area contributed by atoms with Crippen LogP contribution in [0.5, 0.6) is 5.75 Å². The van der Waals surface area contributed by atoms with Crippen LogP contribution in [0.25, 0.3) is 0 Å². The Hall–Kier alpha value is -2.33. The van der Waals surface area contributed by atoms with Gasteiger partial charge in [0.15, 0.2) is 12.2 Å². The number of hydrogen-bond acceptors (Lipinski definition) is 4. The van der Waals surface area contributed by atoms with Gasteiger partial charge in [0.2, 0.25) is 5.78 Å². The highest BCUT2D eigenvalue weighted by molar-refractivity contribution is 6.30. The first-order valence-electron chi connectivity index (χ1n) is 7.60. The van der Waals surface area contributed by atoms with Crippen LogP contribution in [0.15, 0.2) is 48.5 Å². The molecule has 0 bridgehead atoms. The summed E-state index contributed by atoms with van der Waals surface area (Å²) in [6, 6.07) is 13.8. The van der Waals surface area contributed by atoms with Gasteiger partial charge >= 0.3 is 5.97 Å². The molecule has 0 aliphatic rings. The minimum atomic E-state index is -0.900. The highest BCUT2D eigenvalue weighted by Crippen LogP contribution is 2.15. The van der Waals surface area contributed by atoms with E-state index in [-0.39, 0.29) is 5.78 Å². The zero-order chi connectivity index (χ0) is 17.7. The van der Waals surface area contributed by atoms with Crippen molar-refractivity contribution < 1.29 is 19.1 Å². The molecule has 0 aliphatic heterocycles. The summed E-state index contributed by atoms with van der Waals surface area (Å²) in [4.78, 5) is 24.3. The first kappa shape index (κ1) is 18.0. The molecule has 0 heterocycles. The van der Waals surface area contributed by atoms with Crippen molar-refractivity contribution in [1.82, 2.24) is 0 Å². The number of benzene rings is 2. The minimum Gasteiger partial charge on any atom is -0.479 e. The highest BCUT2D eigenvalue weighted by atomic mass is 35.5. The van der Waals surface area contributed by atoms with E-state index in [0.29, 0.717) is 16.3 Å². The van der Waals surface area contributed by atoms with Crippen molar-refractivity contribution in [3.05, 3.63) is 64.7 Å². The number of halogens is 1. The van der Waals surface area contributed by atoms with E-state index in [1.165, 1.54) is 6.92 Å². The molecule has 2 rings (SSSR count). The molecule has 0 saturated heterocycles. The second-order valence-corrected chi connectivity index (χ2v) is 5.96. The molecule has 2 atom stereocenters. The SMILES string of the molecule is Cc1ccc(O[C@H](C)C(=O)O[C@H](C)C(=O)c2ccc(Cl)cc2)cc1. The summed E-state index contributed by atoms with van der Waals surface area (Å²) < 4.78 is 10.7. The van der Waals surface area contributed by atoms with Crippen LogP contribution in [0.2, 0.25) is 5.02 Å². The molecule has 0 fully saturated rings. The van der Waals surface area contributed by atoms with Gasteiger partial charge in [0, 0.05) is 10.6 Å². The largest absolute Gasteiger partial charge is 0.479 e. The second kappa shape index (κ2) is 7.97. The van der Waals surface area contributed by atoms with Crippen LogP contribution in [0.1, 0.15) is 29.8 Å². The summed E-state index contributed by atoms with van der Waals surface area (Å²) in [7, 11) is 0. The van der Waals surface area contributed by atoms with Crippen LogP contribution in [0, 0.1) is 6.92 Å². The molecule has 24 heavy (non-hydrogen) atoms. The Morgan fingerprint density at radius 3 is 2.08 bits per heavy atom. The summed E-state index contributed by atoms with van der Waals surface area (Å²) in [5.41, 5.74) is 1.53. The molecular weight excluding hydrogens is 328 g/mol. The third-order valence-electron chi connectivity index (χ3n) is 3.46. The minimum absolute atomic E-state index is 0.289. The van der Waals surface area contributed by atoms with E-state index in [9.17, 15) is 9.59 Å². The predicted octanol–water partition coefficient (Wildman–Crippen LogP) is 4.23. The molecule has 0 saturated carbocycles. The van der Waals surface area contributed by atoms with Crippen LogP contribution in [-0.2, 0) is 9.53 Å². The molecule has 126 valence electrons. The maximum Gasteiger partial charge on any atom is 0.347 e. The average molecular weight is 347 g/mol. The van der Waals surface area contributed by atoms with Gasteiger partial charge in [-0.15, -0.1) is 0 Å². The molecule has 0 spiro atoms. The fraction of sp³-hybridized carbons (Fsp3) is 0.263. The van der Waals surface area contributed by atoms with Gasteiger partial charge < -0.3 is 9.47 Å². The lowest BCUT2D eigenvalue weighted by atomic mass is 10.1. The Morgan fingerprint density at radius 2 is 1.50 bits per heavy atom. The number of ether oxygens (including phenoxy) is 2. The van der Waals surface area contributed by atoms with E-state index in [0.717, 1.165) is 5.56 Å². The molecule has 0 aliphatic carbocycles. The van der Waals surface area contributed by atoms with Crippen molar-refractivity contribution in [3.8, 4) is 5.75 Å². The van der Waals surface area contributed by atoms with Crippen molar-refractivity contribution in [3.63, 3.8) is 0 Å². The zero-order valence-corrected chi connectivity index (χ0v) is 14.5. The van der Waals surface area contributed by atoms with Gasteiger partial charge in [-0.05, 0) is 57.2 Å². The summed E-state index contributed by atoms with van der Waals surface area (Å²) >= 11 is 5.80. The Morgan fingerprint density at radius 1 is 0.917 bits per heavy atom. The van der Waals surface area contributed by atoms with Gasteiger partial charge in [0.25, 0.3) is 0 Å². The number of Topliss-reactive ketones (excluding diaryl/α,β-unsaturated/α-hetero) is 1. The monoisotopic (exact) mass is 346 g/mol. The fourth-order valence-electron chi connectivity index (χ4n) is 2.04. The Kier molecular flexibility index (Phi) is 5.99. The van der Waals surface area contributed by atoms with Crippen molar-refractivity contribution in [2.75, 3.05) is 0 Å². The molecule has 0 N–H and O–H groups in total. The quantitative estimate of drug-likeness (QED) is 0.580. The van der Waals surface area contributed by atoms with Gasteiger partial charge in [-0.3, -0.25) is 4.79 Å². The van der Waals surface area contributed by atoms with Gasteiger partial charge in [-0.1, -0.05) is 29.3 Å². The molecule has 0 aromatic heterocycles. The number of rotatable bonds is 6. The van der Waals surface area contributed by atoms with E-state index in [1.807, 2.05) is 19.1 Å². The number of carbonyl (C=O) groups excluding carboxylic acids is 2. The third-order valence-corrected chi connectivity index (χ3v) is 3.71. The lowest BCUT2D eigenvalue weighted by Crippen LogP contribution is -2.32. The van der Waals surface area contributed by atoms with E-state index in [4.69, 9.17) is 21.1 Å². The zero-order valence-electron chi connectivity index (χ0n) is 13.8. The van der Waals surface area contributed by atoms with Crippen LogP contribution in [0.4, 0.5) is 0 Å². The maximum absolute atomic E-state index is 12.2. The van der Waals surface area contributed by atoms with Crippen LogP contribution in [-0.4, -0.2) is 24.0 Å². The molecule has 0 amide bonds. The Balaban J connectivity index is 1.93. The van der Waals surface area contributed by atoms with E-state index in [2.05, 4.69) is 0 Å². The molecule has 5 heteroatoms. The fourth-order valence-corrected chi connectivity index (χ4v) is 2.17. The number of ketones is 1. The molecule has 2 aromatic rings. The van der Waals surface area contributed by atoms with Gasteiger partial charge in [0.05, 0.1) is 0 Å². The van der Waals surface area contributed by atoms with Gasteiger partial charge in [-0.25, -0.2) is 4.79 Å². The smallest absolute Gasteiger partial charge is 0.347 e. The molecule has 4 nitrogen and oxygen atoms in total. The highest BCUT2D eigenvalue weighted by Gasteiger charge is 2.24. The van der Waals surface area contributed by atoms with Gasteiger partial charge in [0.1, 0.15) is 5.75 Å². The summed E-state index contributed by atoms with van der Waals surface area (Å²) in [5, 5.41) is 0.538. The summed E-state index contributed by atoms with van der Waals surface area (Å²) in [6.45, 7) is 5.08. The average Bonchev–Trinajstić information content (AvgIpc) is 2.56. The van der Waals surface area contributed by atoms with Gasteiger partial charge in [-0.2, -0.15) is 0 Å². The van der Waals surface area contributed by atoms with Crippen LogP contribution in [0.3, 0.4) is 0 Å². The van der Waals surface area contributed by atoms with E-state index < -0.39 is 18.2 Å². The lowest BCUT2D eigenvalue weighted by molar-refractivity contribution is -0.153. The summed E-state index contributed by atoms with van der Waals surface area (Å²) in [5.74, 6) is -0.310. The lowest BCUT2D eigenvalue weighted by Gasteiger charge is -2.17. The molecule has 2 aromatic carbocycles. The number of aryl methyl sites for hydroxylation is 1. The van der Waals surface area contributed by atoms with Crippen molar-refractivity contribution in [2.45, 2.75) is 33.0 Å². The van der Waals surface area contributed by atoms with Crippen molar-refractivity contribution >= 4 is 23.4 Å². The van der Waals surface area contributed by atoms with Crippen LogP contribution >= 0.6 is 11.6 Å². The van der Waals surface area contributed by atoms with E-state index in [1.54, 1.807) is 43.3 Å². The predicted molar refractivity (Wildman–Crippen MR) is 92.6 cm³/mol. The van der Waals surface area contributed by atoms with Crippen molar-refractivity contribution in [1.29, 1.82) is 0 Å². The third kappa shape index (κ3) is 4.83. The van der Waals surface area contributed by atoms with Crippen LogP contribution < -0.4 is 4.74 Å². The number of hydrogen-bond donors (Lipinski definition) is 0. The maximum atomic E-state index is 12.2. The number of carbonyl (C=O) groups is 2. The topological polar surface area (TPSA) is 52.6 Å². The standard InChI is InChI=1S/C19H19ClO4/c1-12-4-10-17(11-5-12)23-14(3)19(22)24-13(2)18(21)15-6-8-16(20)9-7-15/h4-11,13-14H,1-3H3/t13-,14-/m1/s1. The second-order valence-electron chi connectivity index (χ2n) is 5.52. The molecule has 0 unspecified atom stereocenters. The Bertz CT molecular complexity index is 707. The summed E-state index contributed by atoms with van der Waals surface area (Å²) in [6.07, 6.45) is -1.71. The molecular formula is C19H19ClO4. The van der Waals surface area contributed by atoms with Crippen molar-refractivity contribution in [2.24, 2.45) is 0 Å². The first-order valence-corrected chi connectivity index (χ1v) is 7.98. The molecule has 0 radical (unpaired) electrons. The van der Waals surface area contributed by atoms with E-state index >= 15 is 0 Å². The normalized spacial score (nSPS) is 13.0. The number of esters is 1. The Labute approximate surface area is 146 Å².